The zero-order chi connectivity index (χ0) is 15.0. The Morgan fingerprint density at radius 3 is 2.52 bits per heavy atom. The normalized spacial score (nSPS) is 12.0. The van der Waals surface area contributed by atoms with Crippen LogP contribution in [0.1, 0.15) is 17.0 Å². The fourth-order valence-corrected chi connectivity index (χ4v) is 2.31. The Bertz CT molecular complexity index is 796. The summed E-state index contributed by atoms with van der Waals surface area (Å²) in [6.07, 6.45) is -4.40. The molecule has 0 fully saturated rings. The molecule has 0 aliphatic rings. The third-order valence-corrected chi connectivity index (χ3v) is 3.31. The van der Waals surface area contributed by atoms with Gasteiger partial charge < -0.3 is 0 Å². The Labute approximate surface area is 123 Å². The Morgan fingerprint density at radius 1 is 1.05 bits per heavy atom. The maximum absolute atomic E-state index is 13.0. The first-order valence-electron chi connectivity index (χ1n) is 6.10. The summed E-state index contributed by atoms with van der Waals surface area (Å²) < 4.78 is 40.3. The van der Waals surface area contributed by atoms with Gasteiger partial charge in [0.05, 0.1) is 5.56 Å². The molecule has 0 unspecified atom stereocenters. The number of nitrogens with zero attached hydrogens (tertiary/aromatic N) is 3. The SMILES string of the molecule is FC(F)(F)c1ccccc1Cc1nc2cccc(Cl)n2n1. The second-order valence-electron chi connectivity index (χ2n) is 4.48. The van der Waals surface area contributed by atoms with Crippen LogP contribution in [0.3, 0.4) is 0 Å². The van der Waals surface area contributed by atoms with E-state index in [4.69, 9.17) is 11.6 Å². The Kier molecular flexibility index (Phi) is 3.33. The molecule has 21 heavy (non-hydrogen) atoms. The summed E-state index contributed by atoms with van der Waals surface area (Å²) in [6.45, 7) is 0. The zero-order valence-electron chi connectivity index (χ0n) is 10.6. The fourth-order valence-electron chi connectivity index (χ4n) is 2.11. The molecule has 7 heteroatoms. The van der Waals surface area contributed by atoms with Crippen molar-refractivity contribution in [2.75, 3.05) is 0 Å². The van der Waals surface area contributed by atoms with Crippen molar-refractivity contribution in [1.82, 2.24) is 14.6 Å². The van der Waals surface area contributed by atoms with Gasteiger partial charge in [0, 0.05) is 6.42 Å². The van der Waals surface area contributed by atoms with E-state index in [1.807, 2.05) is 0 Å². The molecule has 0 amide bonds. The number of hydrogen-bond acceptors (Lipinski definition) is 2. The lowest BCUT2D eigenvalue weighted by atomic mass is 10.0. The van der Waals surface area contributed by atoms with Gasteiger partial charge in [-0.05, 0) is 23.8 Å². The van der Waals surface area contributed by atoms with Crippen LogP contribution in [-0.4, -0.2) is 14.6 Å². The van der Waals surface area contributed by atoms with Crippen LogP contribution in [0.25, 0.3) is 5.65 Å². The van der Waals surface area contributed by atoms with Crippen LogP contribution in [0, 0.1) is 0 Å². The average Bonchev–Trinajstić information content (AvgIpc) is 2.82. The molecule has 0 N–H and O–H groups in total. The lowest BCUT2D eigenvalue weighted by Crippen LogP contribution is -2.09. The molecule has 2 aromatic heterocycles. The number of aromatic nitrogens is 3. The highest BCUT2D eigenvalue weighted by Crippen LogP contribution is 2.32. The number of rotatable bonds is 2. The van der Waals surface area contributed by atoms with E-state index in [1.165, 1.54) is 16.6 Å². The van der Waals surface area contributed by atoms with E-state index in [2.05, 4.69) is 10.1 Å². The highest BCUT2D eigenvalue weighted by molar-refractivity contribution is 6.29. The molecule has 0 bridgehead atoms. The predicted molar refractivity (Wildman–Crippen MR) is 72.2 cm³/mol. The van der Waals surface area contributed by atoms with Gasteiger partial charge in [-0.25, -0.2) is 9.50 Å². The number of pyridine rings is 1. The summed E-state index contributed by atoms with van der Waals surface area (Å²) in [5, 5.41) is 4.49. The zero-order valence-corrected chi connectivity index (χ0v) is 11.4. The monoisotopic (exact) mass is 311 g/mol. The van der Waals surface area contributed by atoms with Crippen molar-refractivity contribution < 1.29 is 13.2 Å². The molecule has 0 spiro atoms. The molecular weight excluding hydrogens is 303 g/mol. The number of alkyl halides is 3. The predicted octanol–water partition coefficient (Wildman–Crippen LogP) is 3.99. The number of benzene rings is 1. The Hall–Kier alpha value is -2.08. The largest absolute Gasteiger partial charge is 0.416 e. The first kappa shape index (κ1) is 13.9. The molecule has 2 heterocycles. The molecule has 3 nitrogen and oxygen atoms in total. The van der Waals surface area contributed by atoms with Gasteiger partial charge in [0.1, 0.15) is 5.15 Å². The van der Waals surface area contributed by atoms with E-state index in [0.717, 1.165) is 6.07 Å². The topological polar surface area (TPSA) is 30.2 Å². The first-order valence-corrected chi connectivity index (χ1v) is 6.48. The molecule has 1 aromatic carbocycles. The first-order chi connectivity index (χ1) is 9.95. The van der Waals surface area contributed by atoms with Crippen LogP contribution >= 0.6 is 11.6 Å². The molecule has 3 aromatic rings. The van der Waals surface area contributed by atoms with Crippen LogP contribution in [0.5, 0.6) is 0 Å². The van der Waals surface area contributed by atoms with E-state index in [0.29, 0.717) is 16.6 Å². The minimum atomic E-state index is -4.40. The van der Waals surface area contributed by atoms with Crippen molar-refractivity contribution in [2.45, 2.75) is 12.6 Å². The van der Waals surface area contributed by atoms with E-state index in [1.54, 1.807) is 24.3 Å². The molecular formula is C14H9ClF3N3. The molecule has 108 valence electrons. The number of halogens is 4. The van der Waals surface area contributed by atoms with Crippen LogP contribution in [0.15, 0.2) is 42.5 Å². The Balaban J connectivity index is 2.01. The van der Waals surface area contributed by atoms with Crippen LogP contribution in [0.2, 0.25) is 5.15 Å². The maximum atomic E-state index is 13.0. The van der Waals surface area contributed by atoms with Crippen LogP contribution < -0.4 is 0 Å². The van der Waals surface area contributed by atoms with Gasteiger partial charge in [-0.15, -0.1) is 5.10 Å². The molecule has 3 rings (SSSR count). The van der Waals surface area contributed by atoms with Crippen LogP contribution in [-0.2, 0) is 12.6 Å². The smallest absolute Gasteiger partial charge is 0.212 e. The molecule has 0 radical (unpaired) electrons. The van der Waals surface area contributed by atoms with E-state index in [9.17, 15) is 13.2 Å². The van der Waals surface area contributed by atoms with E-state index < -0.39 is 11.7 Å². The van der Waals surface area contributed by atoms with Gasteiger partial charge in [0.15, 0.2) is 11.5 Å². The summed E-state index contributed by atoms with van der Waals surface area (Å²) in [5.41, 5.74) is -0.0334. The van der Waals surface area contributed by atoms with E-state index in [-0.39, 0.29) is 12.0 Å². The summed E-state index contributed by atoms with van der Waals surface area (Å²) in [4.78, 5) is 4.19. The van der Waals surface area contributed by atoms with Crippen molar-refractivity contribution in [3.05, 3.63) is 64.6 Å². The molecule has 0 aliphatic carbocycles. The molecule has 0 aliphatic heterocycles. The summed E-state index contributed by atoms with van der Waals surface area (Å²) in [5.74, 6) is 0.291. The van der Waals surface area contributed by atoms with E-state index >= 15 is 0 Å². The number of hydrogen-bond donors (Lipinski definition) is 0. The van der Waals surface area contributed by atoms with Gasteiger partial charge in [0.2, 0.25) is 0 Å². The van der Waals surface area contributed by atoms with Gasteiger partial charge in [-0.2, -0.15) is 13.2 Å². The molecule has 0 saturated carbocycles. The maximum Gasteiger partial charge on any atom is 0.416 e. The second kappa shape index (κ2) is 5.04. The summed E-state index contributed by atoms with van der Waals surface area (Å²) >= 11 is 5.96. The lowest BCUT2D eigenvalue weighted by molar-refractivity contribution is -0.138. The average molecular weight is 312 g/mol. The summed E-state index contributed by atoms with van der Waals surface area (Å²) in [7, 11) is 0. The fraction of sp³-hybridized carbons (Fsp3) is 0.143. The minimum Gasteiger partial charge on any atom is -0.212 e. The summed E-state index contributed by atoms with van der Waals surface area (Å²) in [6, 6.07) is 10.4. The highest BCUT2D eigenvalue weighted by atomic mass is 35.5. The number of fused-ring (bicyclic) bond motifs is 1. The highest BCUT2D eigenvalue weighted by Gasteiger charge is 2.33. The van der Waals surface area contributed by atoms with Gasteiger partial charge >= 0.3 is 6.18 Å². The van der Waals surface area contributed by atoms with Crippen molar-refractivity contribution in [3.63, 3.8) is 0 Å². The minimum absolute atomic E-state index is 0.00626. The third-order valence-electron chi connectivity index (χ3n) is 3.03. The van der Waals surface area contributed by atoms with Crippen molar-refractivity contribution in [3.8, 4) is 0 Å². The standard InChI is InChI=1S/C14H9ClF3N3/c15-11-6-3-7-13-19-12(20-21(11)13)8-9-4-1-2-5-10(9)14(16,17)18/h1-7H,8H2. The van der Waals surface area contributed by atoms with Crippen molar-refractivity contribution in [2.24, 2.45) is 0 Å². The second-order valence-corrected chi connectivity index (χ2v) is 4.87. The van der Waals surface area contributed by atoms with Crippen molar-refractivity contribution >= 4 is 17.2 Å². The van der Waals surface area contributed by atoms with Crippen LogP contribution in [0.4, 0.5) is 13.2 Å². The lowest BCUT2D eigenvalue weighted by Gasteiger charge is -2.11. The molecule has 0 atom stereocenters. The quantitative estimate of drug-likeness (QED) is 0.670. The van der Waals surface area contributed by atoms with Gasteiger partial charge in [0.25, 0.3) is 0 Å². The molecule has 0 saturated heterocycles. The Morgan fingerprint density at radius 2 is 1.81 bits per heavy atom. The third kappa shape index (κ3) is 2.71. The van der Waals surface area contributed by atoms with Gasteiger partial charge in [-0.3, -0.25) is 0 Å². The van der Waals surface area contributed by atoms with Crippen molar-refractivity contribution in [1.29, 1.82) is 0 Å². The van der Waals surface area contributed by atoms with Gasteiger partial charge in [-0.1, -0.05) is 35.9 Å².